The average Bonchev–Trinajstić information content (AvgIpc) is 2.82. The fourth-order valence-corrected chi connectivity index (χ4v) is 2.25. The molecule has 0 fully saturated rings. The van der Waals surface area contributed by atoms with E-state index in [0.29, 0.717) is 11.3 Å². The van der Waals surface area contributed by atoms with Crippen molar-refractivity contribution in [2.75, 3.05) is 5.32 Å². The van der Waals surface area contributed by atoms with Gasteiger partial charge in [0.2, 0.25) is 0 Å². The lowest BCUT2D eigenvalue weighted by Crippen LogP contribution is -2.25. The average molecular weight is 319 g/mol. The fourth-order valence-electron chi connectivity index (χ4n) is 2.25. The number of carbonyl (C=O) groups excluding carboxylic acids is 1. The third-order valence-electron chi connectivity index (χ3n) is 3.35. The van der Waals surface area contributed by atoms with Gasteiger partial charge in [-0.1, -0.05) is 0 Å². The summed E-state index contributed by atoms with van der Waals surface area (Å²) in [4.78, 5) is 23.1. The number of carbonyl (C=O) groups is 2. The van der Waals surface area contributed by atoms with Crippen molar-refractivity contribution in [1.29, 1.82) is 0 Å². The lowest BCUT2D eigenvalue weighted by molar-refractivity contribution is 0.0696. The number of nitrogens with one attached hydrogen (secondary N) is 1. The molecule has 2 rings (SSSR count). The van der Waals surface area contributed by atoms with Gasteiger partial charge in [0, 0.05) is 5.69 Å². The van der Waals surface area contributed by atoms with Gasteiger partial charge in [-0.05, 0) is 45.9 Å². The Bertz CT molecular complexity index is 775. The SMILES string of the molecule is Cc1c(C(=O)Nc2ccc(C(=O)O)cc2F)cnn1C(C)(C)C. The number of aromatic carboxylic acids is 1. The van der Waals surface area contributed by atoms with E-state index in [1.165, 1.54) is 18.3 Å². The Morgan fingerprint density at radius 1 is 1.30 bits per heavy atom. The molecule has 2 N–H and O–H groups in total. The summed E-state index contributed by atoms with van der Waals surface area (Å²) in [5.74, 6) is -2.54. The number of amides is 1. The van der Waals surface area contributed by atoms with Gasteiger partial charge in [0.1, 0.15) is 5.82 Å². The molecule has 0 aliphatic heterocycles. The first kappa shape index (κ1) is 16.7. The van der Waals surface area contributed by atoms with Crippen LogP contribution in [-0.4, -0.2) is 26.8 Å². The van der Waals surface area contributed by atoms with Crippen molar-refractivity contribution >= 4 is 17.6 Å². The van der Waals surface area contributed by atoms with Crippen LogP contribution in [0.25, 0.3) is 0 Å². The zero-order chi connectivity index (χ0) is 17.4. The number of benzene rings is 1. The van der Waals surface area contributed by atoms with Gasteiger partial charge in [0.05, 0.1) is 28.6 Å². The van der Waals surface area contributed by atoms with Crippen LogP contribution in [0, 0.1) is 12.7 Å². The first-order chi connectivity index (χ1) is 10.6. The highest BCUT2D eigenvalue weighted by molar-refractivity contribution is 6.05. The van der Waals surface area contributed by atoms with Crippen molar-refractivity contribution in [3.8, 4) is 0 Å². The second kappa shape index (κ2) is 5.83. The predicted octanol–water partition coefficient (Wildman–Crippen LogP) is 3.04. The molecule has 0 saturated heterocycles. The van der Waals surface area contributed by atoms with E-state index in [-0.39, 0.29) is 16.8 Å². The van der Waals surface area contributed by atoms with Gasteiger partial charge >= 0.3 is 5.97 Å². The van der Waals surface area contributed by atoms with E-state index < -0.39 is 17.7 Å². The molecule has 1 aromatic heterocycles. The van der Waals surface area contributed by atoms with Gasteiger partial charge in [-0.2, -0.15) is 5.10 Å². The van der Waals surface area contributed by atoms with Crippen LogP contribution in [0.2, 0.25) is 0 Å². The number of rotatable bonds is 3. The molecule has 2 aromatic rings. The Hall–Kier alpha value is -2.70. The Morgan fingerprint density at radius 2 is 1.96 bits per heavy atom. The van der Waals surface area contributed by atoms with Crippen molar-refractivity contribution in [3.63, 3.8) is 0 Å². The summed E-state index contributed by atoms with van der Waals surface area (Å²) >= 11 is 0. The van der Waals surface area contributed by atoms with E-state index in [9.17, 15) is 14.0 Å². The third kappa shape index (κ3) is 3.39. The summed E-state index contributed by atoms with van der Waals surface area (Å²) in [5.41, 5.74) is 0.455. The molecule has 1 amide bonds. The number of nitrogens with zero attached hydrogens (tertiary/aromatic N) is 2. The molecule has 0 aliphatic rings. The molecule has 1 heterocycles. The maximum absolute atomic E-state index is 13.9. The highest BCUT2D eigenvalue weighted by atomic mass is 19.1. The van der Waals surface area contributed by atoms with Gasteiger partial charge < -0.3 is 10.4 Å². The largest absolute Gasteiger partial charge is 0.478 e. The van der Waals surface area contributed by atoms with Crippen LogP contribution >= 0.6 is 0 Å². The minimum absolute atomic E-state index is 0.0806. The number of anilines is 1. The maximum atomic E-state index is 13.9. The highest BCUT2D eigenvalue weighted by Crippen LogP contribution is 2.21. The van der Waals surface area contributed by atoms with Gasteiger partial charge in [-0.15, -0.1) is 0 Å². The van der Waals surface area contributed by atoms with E-state index in [4.69, 9.17) is 5.11 Å². The van der Waals surface area contributed by atoms with Crippen molar-refractivity contribution in [1.82, 2.24) is 9.78 Å². The van der Waals surface area contributed by atoms with Crippen LogP contribution in [-0.2, 0) is 5.54 Å². The number of carboxylic acids is 1. The van der Waals surface area contributed by atoms with Gasteiger partial charge in [0.15, 0.2) is 0 Å². The molecular weight excluding hydrogens is 301 g/mol. The van der Waals surface area contributed by atoms with Crippen LogP contribution in [0.4, 0.5) is 10.1 Å². The first-order valence-electron chi connectivity index (χ1n) is 7.00. The first-order valence-corrected chi connectivity index (χ1v) is 7.00. The summed E-state index contributed by atoms with van der Waals surface area (Å²) in [6.45, 7) is 7.63. The molecular formula is C16H18FN3O3. The van der Waals surface area contributed by atoms with E-state index in [0.717, 1.165) is 6.07 Å². The highest BCUT2D eigenvalue weighted by Gasteiger charge is 2.22. The molecule has 0 saturated carbocycles. The Balaban J connectivity index is 2.27. The summed E-state index contributed by atoms with van der Waals surface area (Å²) in [7, 11) is 0. The molecule has 6 nitrogen and oxygen atoms in total. The van der Waals surface area contributed by atoms with Crippen molar-refractivity contribution in [2.24, 2.45) is 0 Å². The monoisotopic (exact) mass is 319 g/mol. The third-order valence-corrected chi connectivity index (χ3v) is 3.35. The summed E-state index contributed by atoms with van der Waals surface area (Å²) in [6.07, 6.45) is 1.43. The quantitative estimate of drug-likeness (QED) is 0.910. The lowest BCUT2D eigenvalue weighted by atomic mass is 10.1. The van der Waals surface area contributed by atoms with Crippen LogP contribution in [0.5, 0.6) is 0 Å². The molecule has 0 aliphatic carbocycles. The normalized spacial score (nSPS) is 11.3. The predicted molar refractivity (Wildman–Crippen MR) is 83.3 cm³/mol. The smallest absolute Gasteiger partial charge is 0.335 e. The Labute approximate surface area is 132 Å². The van der Waals surface area contributed by atoms with E-state index in [1.807, 2.05) is 20.8 Å². The standard InChI is InChI=1S/C16H18FN3O3/c1-9-11(8-18-20(9)16(2,3)4)14(21)19-13-6-5-10(15(22)23)7-12(13)17/h5-8H,1-4H3,(H,19,21)(H,22,23). The van der Waals surface area contributed by atoms with Crippen LogP contribution < -0.4 is 5.32 Å². The second-order valence-electron chi connectivity index (χ2n) is 6.18. The fraction of sp³-hybridized carbons (Fsp3) is 0.312. The molecule has 7 heteroatoms. The van der Waals surface area contributed by atoms with Crippen LogP contribution in [0.15, 0.2) is 24.4 Å². The maximum Gasteiger partial charge on any atom is 0.335 e. The molecule has 122 valence electrons. The van der Waals surface area contributed by atoms with Crippen LogP contribution in [0.1, 0.15) is 47.2 Å². The van der Waals surface area contributed by atoms with Crippen LogP contribution in [0.3, 0.4) is 0 Å². The summed E-state index contributed by atoms with van der Waals surface area (Å²) in [6, 6.07) is 3.32. The van der Waals surface area contributed by atoms with Gasteiger partial charge in [0.25, 0.3) is 5.91 Å². The topological polar surface area (TPSA) is 84.2 Å². The van der Waals surface area contributed by atoms with Gasteiger partial charge in [-0.25, -0.2) is 9.18 Å². The number of hydrogen-bond donors (Lipinski definition) is 2. The van der Waals surface area contributed by atoms with E-state index >= 15 is 0 Å². The summed E-state index contributed by atoms with van der Waals surface area (Å²) in [5, 5.41) is 15.4. The number of carboxylic acid groups (broad SMARTS) is 1. The van der Waals surface area contributed by atoms with E-state index in [1.54, 1.807) is 11.6 Å². The molecule has 0 bridgehead atoms. The second-order valence-corrected chi connectivity index (χ2v) is 6.18. The molecule has 23 heavy (non-hydrogen) atoms. The van der Waals surface area contributed by atoms with Crippen molar-refractivity contribution in [3.05, 3.63) is 47.0 Å². The zero-order valence-corrected chi connectivity index (χ0v) is 13.3. The molecule has 0 unspecified atom stereocenters. The zero-order valence-electron chi connectivity index (χ0n) is 13.3. The molecule has 0 atom stereocenters. The minimum Gasteiger partial charge on any atom is -0.478 e. The number of aromatic nitrogens is 2. The Kier molecular flexibility index (Phi) is 4.22. The Morgan fingerprint density at radius 3 is 2.43 bits per heavy atom. The van der Waals surface area contributed by atoms with Crippen molar-refractivity contribution in [2.45, 2.75) is 33.2 Å². The van der Waals surface area contributed by atoms with Crippen molar-refractivity contribution < 1.29 is 19.1 Å². The minimum atomic E-state index is -1.23. The molecule has 0 radical (unpaired) electrons. The summed E-state index contributed by atoms with van der Waals surface area (Å²) < 4.78 is 15.6. The molecule has 1 aromatic carbocycles. The molecule has 0 spiro atoms. The van der Waals surface area contributed by atoms with E-state index in [2.05, 4.69) is 10.4 Å². The lowest BCUT2D eigenvalue weighted by Gasteiger charge is -2.21. The number of hydrogen-bond acceptors (Lipinski definition) is 3. The van der Waals surface area contributed by atoms with Gasteiger partial charge in [-0.3, -0.25) is 9.48 Å². The number of halogens is 1.